The van der Waals surface area contributed by atoms with Crippen LogP contribution in [0, 0.1) is 6.92 Å². The highest BCUT2D eigenvalue weighted by atomic mass is 35.5. The maximum Gasteiger partial charge on any atom is 0.226 e. The minimum Gasteiger partial charge on any atom is -0.327 e. The van der Waals surface area contributed by atoms with Crippen LogP contribution in [0.3, 0.4) is 0 Å². The van der Waals surface area contributed by atoms with Crippen molar-refractivity contribution in [1.82, 2.24) is 4.98 Å². The van der Waals surface area contributed by atoms with Gasteiger partial charge in [0.05, 0.1) is 5.69 Å². The van der Waals surface area contributed by atoms with Crippen molar-refractivity contribution < 1.29 is 4.79 Å². The summed E-state index contributed by atoms with van der Waals surface area (Å²) >= 11 is 11.6. The number of rotatable bonds is 4. The molecule has 1 unspecified atom stereocenters. The first-order chi connectivity index (χ1) is 7.93. The Balaban J connectivity index is 2.78. The van der Waals surface area contributed by atoms with Crippen LogP contribution in [0.5, 0.6) is 0 Å². The fourth-order valence-corrected chi connectivity index (χ4v) is 1.90. The molecule has 0 saturated carbocycles. The first kappa shape index (κ1) is 14.2. The molecule has 0 radical (unpaired) electrons. The number of halogens is 2. The van der Waals surface area contributed by atoms with Gasteiger partial charge in [-0.15, -0.1) is 0 Å². The highest BCUT2D eigenvalue weighted by Gasteiger charge is 2.13. The van der Waals surface area contributed by atoms with Crippen molar-refractivity contribution in [2.75, 3.05) is 5.32 Å². The molecule has 1 rings (SSSR count). The number of carbonyl (C=O) groups is 1. The zero-order valence-corrected chi connectivity index (χ0v) is 11.3. The molecule has 0 aliphatic heterocycles. The van der Waals surface area contributed by atoms with E-state index in [2.05, 4.69) is 10.3 Å². The number of amides is 1. The Bertz CT molecular complexity index is 400. The number of nitrogens with one attached hydrogen (secondary N) is 1. The van der Waals surface area contributed by atoms with Crippen molar-refractivity contribution >= 4 is 34.8 Å². The van der Waals surface area contributed by atoms with Crippen LogP contribution in [-0.4, -0.2) is 16.9 Å². The summed E-state index contributed by atoms with van der Waals surface area (Å²) in [5, 5.41) is 3.19. The topological polar surface area (TPSA) is 68.0 Å². The van der Waals surface area contributed by atoms with Gasteiger partial charge in [0.1, 0.15) is 5.15 Å². The van der Waals surface area contributed by atoms with Crippen LogP contribution < -0.4 is 11.1 Å². The van der Waals surface area contributed by atoms with Gasteiger partial charge in [-0.25, -0.2) is 4.98 Å². The second kappa shape index (κ2) is 6.19. The Morgan fingerprint density at radius 3 is 2.76 bits per heavy atom. The van der Waals surface area contributed by atoms with Gasteiger partial charge in [-0.3, -0.25) is 4.79 Å². The summed E-state index contributed by atoms with van der Waals surface area (Å²) in [6, 6.07) is 1.50. The third-order valence-electron chi connectivity index (χ3n) is 2.38. The van der Waals surface area contributed by atoms with E-state index in [0.29, 0.717) is 10.8 Å². The minimum atomic E-state index is -0.173. The molecule has 94 valence electrons. The van der Waals surface area contributed by atoms with Gasteiger partial charge in [0, 0.05) is 12.5 Å². The van der Waals surface area contributed by atoms with Gasteiger partial charge in [0.15, 0.2) is 5.15 Å². The number of nitrogens with two attached hydrogens (primary N) is 1. The van der Waals surface area contributed by atoms with Gasteiger partial charge in [-0.05, 0) is 25.0 Å². The van der Waals surface area contributed by atoms with Gasteiger partial charge in [0.25, 0.3) is 0 Å². The molecule has 6 heteroatoms. The second-order valence-corrected chi connectivity index (χ2v) is 4.59. The molecular formula is C11H15Cl2N3O. The number of pyridine rings is 1. The first-order valence-corrected chi connectivity index (χ1v) is 6.07. The molecule has 0 aromatic carbocycles. The van der Waals surface area contributed by atoms with E-state index in [0.717, 1.165) is 12.0 Å². The average molecular weight is 276 g/mol. The SMILES string of the molecule is CCC(N)CC(=O)Nc1c(C)cc(Cl)nc1Cl. The molecule has 1 amide bonds. The molecule has 0 fully saturated rings. The molecule has 4 nitrogen and oxygen atoms in total. The molecule has 1 aromatic rings. The number of hydrogen-bond donors (Lipinski definition) is 2. The van der Waals surface area contributed by atoms with Gasteiger partial charge in [0.2, 0.25) is 5.91 Å². The van der Waals surface area contributed by atoms with E-state index in [1.165, 1.54) is 0 Å². The van der Waals surface area contributed by atoms with Crippen LogP contribution in [0.2, 0.25) is 10.3 Å². The van der Waals surface area contributed by atoms with Crippen molar-refractivity contribution in [3.8, 4) is 0 Å². The predicted molar refractivity (Wildman–Crippen MR) is 70.5 cm³/mol. The Morgan fingerprint density at radius 1 is 1.59 bits per heavy atom. The van der Waals surface area contributed by atoms with Gasteiger partial charge < -0.3 is 11.1 Å². The van der Waals surface area contributed by atoms with Crippen LogP contribution in [0.25, 0.3) is 0 Å². The monoisotopic (exact) mass is 275 g/mol. The molecule has 0 spiro atoms. The van der Waals surface area contributed by atoms with Crippen molar-refractivity contribution in [1.29, 1.82) is 0 Å². The van der Waals surface area contributed by atoms with E-state index >= 15 is 0 Å². The molecule has 1 aromatic heterocycles. The summed E-state index contributed by atoms with van der Waals surface area (Å²) in [5.74, 6) is -0.173. The summed E-state index contributed by atoms with van der Waals surface area (Å²) in [5.41, 5.74) is 6.96. The molecule has 0 saturated heterocycles. The van der Waals surface area contributed by atoms with Crippen LogP contribution in [-0.2, 0) is 4.79 Å². The highest BCUT2D eigenvalue weighted by Crippen LogP contribution is 2.26. The number of aromatic nitrogens is 1. The Morgan fingerprint density at radius 2 is 2.24 bits per heavy atom. The van der Waals surface area contributed by atoms with E-state index in [1.807, 2.05) is 6.92 Å². The Kier molecular flexibility index (Phi) is 5.18. The summed E-state index contributed by atoms with van der Waals surface area (Å²) in [6.45, 7) is 3.73. The summed E-state index contributed by atoms with van der Waals surface area (Å²) in [6.07, 6.45) is 1.01. The minimum absolute atomic E-state index is 0.144. The highest BCUT2D eigenvalue weighted by molar-refractivity contribution is 6.34. The molecule has 0 bridgehead atoms. The lowest BCUT2D eigenvalue weighted by Gasteiger charge is -2.12. The van der Waals surface area contributed by atoms with Crippen LogP contribution in [0.1, 0.15) is 25.3 Å². The molecule has 0 aliphatic carbocycles. The molecule has 17 heavy (non-hydrogen) atoms. The first-order valence-electron chi connectivity index (χ1n) is 5.32. The van der Waals surface area contributed by atoms with Crippen molar-refractivity contribution in [2.45, 2.75) is 32.7 Å². The van der Waals surface area contributed by atoms with Crippen molar-refractivity contribution in [2.24, 2.45) is 5.73 Å². The third-order valence-corrected chi connectivity index (χ3v) is 2.84. The summed E-state index contributed by atoms with van der Waals surface area (Å²) in [7, 11) is 0. The lowest BCUT2D eigenvalue weighted by atomic mass is 10.1. The number of carbonyl (C=O) groups excluding carboxylic acids is 1. The molecular weight excluding hydrogens is 261 g/mol. The Labute approximate surface area is 110 Å². The number of anilines is 1. The van der Waals surface area contributed by atoms with E-state index in [9.17, 15) is 4.79 Å². The van der Waals surface area contributed by atoms with E-state index in [4.69, 9.17) is 28.9 Å². The molecule has 3 N–H and O–H groups in total. The standard InChI is InChI=1S/C11H15Cl2N3O/c1-3-7(14)5-9(17)16-10-6(2)4-8(12)15-11(10)13/h4,7H,3,5,14H2,1-2H3,(H,16,17). The van der Waals surface area contributed by atoms with E-state index in [-0.39, 0.29) is 23.5 Å². The number of hydrogen-bond acceptors (Lipinski definition) is 3. The zero-order valence-electron chi connectivity index (χ0n) is 9.76. The van der Waals surface area contributed by atoms with Gasteiger partial charge >= 0.3 is 0 Å². The van der Waals surface area contributed by atoms with Crippen molar-refractivity contribution in [3.63, 3.8) is 0 Å². The van der Waals surface area contributed by atoms with E-state index in [1.54, 1.807) is 13.0 Å². The van der Waals surface area contributed by atoms with Crippen LogP contribution in [0.4, 0.5) is 5.69 Å². The normalized spacial score (nSPS) is 12.3. The maximum absolute atomic E-state index is 11.7. The van der Waals surface area contributed by atoms with Gasteiger partial charge in [-0.2, -0.15) is 0 Å². The predicted octanol–water partition coefficient (Wildman–Crippen LogP) is 2.76. The number of nitrogens with zero attached hydrogens (tertiary/aromatic N) is 1. The fourth-order valence-electron chi connectivity index (χ4n) is 1.32. The molecule has 0 aliphatic rings. The quantitative estimate of drug-likeness (QED) is 0.831. The zero-order chi connectivity index (χ0) is 13.0. The molecule has 1 heterocycles. The lowest BCUT2D eigenvalue weighted by Crippen LogP contribution is -2.26. The average Bonchev–Trinajstić information content (AvgIpc) is 2.23. The van der Waals surface area contributed by atoms with Crippen LogP contribution in [0.15, 0.2) is 6.07 Å². The van der Waals surface area contributed by atoms with Crippen LogP contribution >= 0.6 is 23.2 Å². The fraction of sp³-hybridized carbons (Fsp3) is 0.455. The van der Waals surface area contributed by atoms with Crippen molar-refractivity contribution in [3.05, 3.63) is 21.9 Å². The second-order valence-electron chi connectivity index (χ2n) is 3.85. The lowest BCUT2D eigenvalue weighted by molar-refractivity contribution is -0.116. The summed E-state index contributed by atoms with van der Waals surface area (Å²) in [4.78, 5) is 15.5. The molecule has 1 atom stereocenters. The maximum atomic E-state index is 11.7. The smallest absolute Gasteiger partial charge is 0.226 e. The van der Waals surface area contributed by atoms with E-state index < -0.39 is 0 Å². The summed E-state index contributed by atoms with van der Waals surface area (Å²) < 4.78 is 0. The number of aryl methyl sites for hydroxylation is 1. The Hall–Kier alpha value is -0.840. The van der Waals surface area contributed by atoms with Gasteiger partial charge in [-0.1, -0.05) is 30.1 Å². The largest absolute Gasteiger partial charge is 0.327 e. The third kappa shape index (κ3) is 4.15.